The largest absolute Gasteiger partial charge is 0.497 e. The zero-order valence-corrected chi connectivity index (χ0v) is 16.3. The minimum Gasteiger partial charge on any atom is -0.497 e. The molecule has 1 aromatic heterocycles. The lowest BCUT2D eigenvalue weighted by atomic mass is 10.2. The van der Waals surface area contributed by atoms with E-state index in [9.17, 15) is 4.79 Å². The summed E-state index contributed by atoms with van der Waals surface area (Å²) in [5.41, 5.74) is 0.573. The van der Waals surface area contributed by atoms with Gasteiger partial charge in [-0.15, -0.1) is 10.2 Å². The van der Waals surface area contributed by atoms with Crippen LogP contribution in [0.3, 0.4) is 0 Å². The highest BCUT2D eigenvalue weighted by molar-refractivity contribution is 8.01. The van der Waals surface area contributed by atoms with Gasteiger partial charge in [-0.05, 0) is 18.1 Å². The summed E-state index contributed by atoms with van der Waals surface area (Å²) in [7, 11) is 3.13. The number of amides is 1. The molecule has 0 saturated carbocycles. The van der Waals surface area contributed by atoms with Gasteiger partial charge in [-0.25, -0.2) is 0 Å². The monoisotopic (exact) mass is 382 g/mol. The van der Waals surface area contributed by atoms with Crippen molar-refractivity contribution in [2.75, 3.05) is 37.2 Å². The second-order valence-corrected chi connectivity index (χ2v) is 7.75. The van der Waals surface area contributed by atoms with E-state index in [2.05, 4.69) is 34.7 Å². The van der Waals surface area contributed by atoms with Gasteiger partial charge in [0, 0.05) is 12.6 Å². The number of aromatic nitrogens is 2. The fourth-order valence-electron chi connectivity index (χ4n) is 1.86. The molecule has 0 aliphatic heterocycles. The van der Waals surface area contributed by atoms with E-state index < -0.39 is 0 Å². The highest BCUT2D eigenvalue weighted by atomic mass is 32.2. The lowest BCUT2D eigenvalue weighted by Gasteiger charge is -2.11. The molecule has 0 unspecified atom stereocenters. The summed E-state index contributed by atoms with van der Waals surface area (Å²) >= 11 is 2.79. The van der Waals surface area contributed by atoms with E-state index in [1.165, 1.54) is 23.1 Å². The maximum absolute atomic E-state index is 12.2. The van der Waals surface area contributed by atoms with Gasteiger partial charge in [-0.3, -0.25) is 4.79 Å². The molecule has 2 N–H and O–H groups in total. The van der Waals surface area contributed by atoms with Crippen LogP contribution in [0.4, 0.5) is 10.8 Å². The van der Waals surface area contributed by atoms with Crippen LogP contribution in [0.2, 0.25) is 0 Å². The summed E-state index contributed by atoms with van der Waals surface area (Å²) in [5, 5.41) is 15.0. The Morgan fingerprint density at radius 2 is 2.08 bits per heavy atom. The first-order valence-corrected chi connectivity index (χ1v) is 9.54. The third kappa shape index (κ3) is 6.09. The van der Waals surface area contributed by atoms with Gasteiger partial charge in [0.15, 0.2) is 4.34 Å². The molecule has 9 heteroatoms. The second-order valence-electron chi connectivity index (χ2n) is 5.55. The maximum Gasteiger partial charge on any atom is 0.234 e. The fourth-order valence-corrected chi connectivity index (χ4v) is 3.42. The fraction of sp³-hybridized carbons (Fsp3) is 0.438. The molecule has 25 heavy (non-hydrogen) atoms. The Balaban J connectivity index is 1.88. The van der Waals surface area contributed by atoms with Crippen LogP contribution in [0.15, 0.2) is 22.5 Å². The standard InChI is InChI=1S/C16H22N4O3S2/c1-10(2)8-17-15-19-20-16(25-15)24-9-14(21)18-12-7-11(22-3)5-6-13(12)23-4/h5-7,10H,8-9H2,1-4H3,(H,17,19)(H,18,21). The van der Waals surface area contributed by atoms with E-state index in [0.29, 0.717) is 23.1 Å². The van der Waals surface area contributed by atoms with Crippen molar-refractivity contribution in [1.29, 1.82) is 0 Å². The molecule has 0 spiro atoms. The first-order chi connectivity index (χ1) is 12.0. The number of carbonyl (C=O) groups excluding carboxylic acids is 1. The molecule has 136 valence electrons. The van der Waals surface area contributed by atoms with Crippen LogP contribution in [-0.2, 0) is 4.79 Å². The van der Waals surface area contributed by atoms with Gasteiger partial charge in [0.2, 0.25) is 11.0 Å². The third-order valence-corrected chi connectivity index (χ3v) is 5.09. The number of ether oxygens (including phenoxy) is 2. The van der Waals surface area contributed by atoms with Crippen molar-refractivity contribution in [3.8, 4) is 11.5 Å². The molecular weight excluding hydrogens is 360 g/mol. The molecule has 0 radical (unpaired) electrons. The number of carbonyl (C=O) groups is 1. The first kappa shape index (κ1) is 19.3. The van der Waals surface area contributed by atoms with E-state index in [4.69, 9.17) is 9.47 Å². The van der Waals surface area contributed by atoms with Gasteiger partial charge in [0.1, 0.15) is 11.5 Å². The topological polar surface area (TPSA) is 85.4 Å². The zero-order chi connectivity index (χ0) is 18.2. The molecule has 0 bridgehead atoms. The van der Waals surface area contributed by atoms with Crippen LogP contribution >= 0.6 is 23.1 Å². The quantitative estimate of drug-likeness (QED) is 0.643. The predicted octanol–water partition coefficient (Wildman–Crippen LogP) is 3.35. The summed E-state index contributed by atoms with van der Waals surface area (Å²) in [4.78, 5) is 12.2. The molecule has 0 aliphatic rings. The Labute approximate surface area is 155 Å². The van der Waals surface area contributed by atoms with Crippen molar-refractivity contribution < 1.29 is 14.3 Å². The molecule has 0 saturated heterocycles. The Morgan fingerprint density at radius 3 is 2.76 bits per heavy atom. The van der Waals surface area contributed by atoms with Gasteiger partial charge in [-0.2, -0.15) is 0 Å². The Kier molecular flexibility index (Phi) is 7.32. The molecule has 2 rings (SSSR count). The molecule has 1 amide bonds. The normalized spacial score (nSPS) is 10.6. The van der Waals surface area contributed by atoms with Crippen LogP contribution in [0.25, 0.3) is 0 Å². The number of rotatable bonds is 9. The summed E-state index contributed by atoms with van der Waals surface area (Å²) in [6.45, 7) is 5.09. The molecule has 7 nitrogen and oxygen atoms in total. The van der Waals surface area contributed by atoms with Crippen LogP contribution in [0.5, 0.6) is 11.5 Å². The lowest BCUT2D eigenvalue weighted by molar-refractivity contribution is -0.113. The van der Waals surface area contributed by atoms with E-state index >= 15 is 0 Å². The average Bonchev–Trinajstić information content (AvgIpc) is 3.06. The van der Waals surface area contributed by atoms with Crippen molar-refractivity contribution in [1.82, 2.24) is 10.2 Å². The first-order valence-electron chi connectivity index (χ1n) is 7.74. The molecule has 0 aliphatic carbocycles. The predicted molar refractivity (Wildman–Crippen MR) is 102 cm³/mol. The third-order valence-electron chi connectivity index (χ3n) is 3.08. The Hall–Kier alpha value is -2.00. The number of nitrogens with zero attached hydrogens (tertiary/aromatic N) is 2. The number of thioether (sulfide) groups is 1. The number of methoxy groups -OCH3 is 2. The van der Waals surface area contributed by atoms with Crippen molar-refractivity contribution in [3.63, 3.8) is 0 Å². The zero-order valence-electron chi connectivity index (χ0n) is 14.7. The molecular formula is C16H22N4O3S2. The van der Waals surface area contributed by atoms with E-state index in [1.807, 2.05) is 0 Å². The van der Waals surface area contributed by atoms with E-state index in [0.717, 1.165) is 16.0 Å². The van der Waals surface area contributed by atoms with Crippen LogP contribution in [0.1, 0.15) is 13.8 Å². The van der Waals surface area contributed by atoms with E-state index in [-0.39, 0.29) is 11.7 Å². The number of anilines is 2. The molecule has 0 fully saturated rings. The molecule has 0 atom stereocenters. The van der Waals surface area contributed by atoms with E-state index in [1.54, 1.807) is 32.4 Å². The van der Waals surface area contributed by atoms with Gasteiger partial charge in [0.05, 0.1) is 25.7 Å². The highest BCUT2D eigenvalue weighted by Gasteiger charge is 2.12. The van der Waals surface area contributed by atoms with Crippen molar-refractivity contribution in [2.45, 2.75) is 18.2 Å². The summed E-state index contributed by atoms with van der Waals surface area (Å²) < 4.78 is 11.2. The molecule has 1 aromatic carbocycles. The van der Waals surface area contributed by atoms with Gasteiger partial charge < -0.3 is 20.1 Å². The summed E-state index contributed by atoms with van der Waals surface area (Å²) in [6, 6.07) is 5.25. The summed E-state index contributed by atoms with van der Waals surface area (Å²) in [6.07, 6.45) is 0. The second kappa shape index (κ2) is 9.47. The van der Waals surface area contributed by atoms with Crippen molar-refractivity contribution in [2.24, 2.45) is 5.92 Å². The average molecular weight is 383 g/mol. The van der Waals surface area contributed by atoms with Crippen LogP contribution in [-0.4, -0.2) is 42.6 Å². The number of hydrogen-bond donors (Lipinski definition) is 2. The lowest BCUT2D eigenvalue weighted by Crippen LogP contribution is -2.14. The minimum absolute atomic E-state index is 0.150. The Morgan fingerprint density at radius 1 is 1.28 bits per heavy atom. The van der Waals surface area contributed by atoms with Gasteiger partial charge >= 0.3 is 0 Å². The SMILES string of the molecule is COc1ccc(OC)c(NC(=O)CSc2nnc(NCC(C)C)s2)c1. The van der Waals surface area contributed by atoms with Crippen LogP contribution in [0, 0.1) is 5.92 Å². The molecule has 1 heterocycles. The molecule has 2 aromatic rings. The Bertz CT molecular complexity index is 706. The van der Waals surface area contributed by atoms with Gasteiger partial charge in [-0.1, -0.05) is 36.9 Å². The highest BCUT2D eigenvalue weighted by Crippen LogP contribution is 2.30. The van der Waals surface area contributed by atoms with Crippen molar-refractivity contribution in [3.05, 3.63) is 18.2 Å². The minimum atomic E-state index is -0.150. The number of nitrogens with one attached hydrogen (secondary N) is 2. The van der Waals surface area contributed by atoms with Crippen LogP contribution < -0.4 is 20.1 Å². The summed E-state index contributed by atoms with van der Waals surface area (Å²) in [5.74, 6) is 1.84. The number of benzene rings is 1. The van der Waals surface area contributed by atoms with Crippen molar-refractivity contribution >= 4 is 39.8 Å². The van der Waals surface area contributed by atoms with Gasteiger partial charge in [0.25, 0.3) is 0 Å². The maximum atomic E-state index is 12.2. The smallest absolute Gasteiger partial charge is 0.234 e. The number of hydrogen-bond acceptors (Lipinski definition) is 8.